The molecule has 2 aromatic rings. The maximum atomic E-state index is 12.8. The van der Waals surface area contributed by atoms with E-state index in [4.69, 9.17) is 5.73 Å². The van der Waals surface area contributed by atoms with Crippen molar-refractivity contribution in [2.75, 3.05) is 17.8 Å². The first-order chi connectivity index (χ1) is 12.3. The highest BCUT2D eigenvalue weighted by atomic mass is 35.5. The Labute approximate surface area is 167 Å². The van der Waals surface area contributed by atoms with Gasteiger partial charge in [0.05, 0.1) is 16.1 Å². The molecule has 0 aliphatic rings. The number of benzene rings is 2. The average molecular weight is 412 g/mol. The minimum Gasteiger partial charge on any atom is -0.352 e. The zero-order valence-corrected chi connectivity index (χ0v) is 17.1. The van der Waals surface area contributed by atoms with Crippen LogP contribution >= 0.6 is 12.4 Å². The van der Waals surface area contributed by atoms with Gasteiger partial charge in [0.15, 0.2) is 0 Å². The first kappa shape index (κ1) is 23.0. The van der Waals surface area contributed by atoms with Crippen molar-refractivity contribution >= 4 is 34.0 Å². The van der Waals surface area contributed by atoms with Crippen molar-refractivity contribution in [1.29, 1.82) is 0 Å². The number of anilines is 1. The number of nitrogens with one attached hydrogen (secondary N) is 2. The van der Waals surface area contributed by atoms with Gasteiger partial charge in [-0.25, -0.2) is 8.42 Å². The van der Waals surface area contributed by atoms with E-state index in [1.54, 1.807) is 43.3 Å². The molecule has 4 N–H and O–H groups in total. The minimum absolute atomic E-state index is 0. The van der Waals surface area contributed by atoms with Gasteiger partial charge in [-0.2, -0.15) is 0 Å². The zero-order chi connectivity index (χ0) is 19.2. The van der Waals surface area contributed by atoms with E-state index in [2.05, 4.69) is 10.0 Å². The second-order valence-corrected chi connectivity index (χ2v) is 7.82. The molecule has 0 aliphatic heterocycles. The number of hydrogen-bond acceptors (Lipinski definition) is 4. The second kappa shape index (κ2) is 10.3. The molecule has 0 bridgehead atoms. The van der Waals surface area contributed by atoms with Gasteiger partial charge in [-0.15, -0.1) is 12.4 Å². The van der Waals surface area contributed by atoms with Crippen LogP contribution in [0.25, 0.3) is 0 Å². The van der Waals surface area contributed by atoms with Gasteiger partial charge >= 0.3 is 0 Å². The van der Waals surface area contributed by atoms with Crippen molar-refractivity contribution in [3.8, 4) is 0 Å². The van der Waals surface area contributed by atoms with E-state index in [0.29, 0.717) is 18.7 Å². The quantitative estimate of drug-likeness (QED) is 0.581. The standard InChI is InChI=1S/C19H25N3O3S.ClH/c1-14-9-10-15(2)18(13-14)26(24,25)22-17-8-4-3-7-16(17)19(23)21-12-6-5-11-20;/h3-4,7-10,13,22H,5-6,11-12,20H2,1-2H3,(H,21,23);1H. The highest BCUT2D eigenvalue weighted by Crippen LogP contribution is 2.23. The maximum Gasteiger partial charge on any atom is 0.262 e. The Morgan fingerprint density at radius 1 is 1.07 bits per heavy atom. The topological polar surface area (TPSA) is 101 Å². The van der Waals surface area contributed by atoms with Crippen molar-refractivity contribution in [2.45, 2.75) is 31.6 Å². The summed E-state index contributed by atoms with van der Waals surface area (Å²) in [4.78, 5) is 12.6. The Hall–Kier alpha value is -2.09. The molecule has 0 unspecified atom stereocenters. The summed E-state index contributed by atoms with van der Waals surface area (Å²) in [5, 5.41) is 2.79. The van der Waals surface area contributed by atoms with Crippen molar-refractivity contribution in [1.82, 2.24) is 5.32 Å². The highest BCUT2D eigenvalue weighted by Gasteiger charge is 2.20. The highest BCUT2D eigenvalue weighted by molar-refractivity contribution is 7.92. The summed E-state index contributed by atoms with van der Waals surface area (Å²) >= 11 is 0. The van der Waals surface area contributed by atoms with Crippen LogP contribution in [0.3, 0.4) is 0 Å². The molecular weight excluding hydrogens is 386 g/mol. The number of carbonyl (C=O) groups excluding carboxylic acids is 1. The number of amides is 1. The number of nitrogens with two attached hydrogens (primary N) is 1. The summed E-state index contributed by atoms with van der Waals surface area (Å²) < 4.78 is 28.1. The number of aryl methyl sites for hydroxylation is 2. The van der Waals surface area contributed by atoms with Crippen LogP contribution in [0.4, 0.5) is 5.69 Å². The fraction of sp³-hybridized carbons (Fsp3) is 0.316. The Balaban J connectivity index is 0.00000364. The normalized spacial score (nSPS) is 10.8. The molecule has 1 amide bonds. The molecule has 6 nitrogen and oxygen atoms in total. The van der Waals surface area contributed by atoms with Crippen LogP contribution in [0.15, 0.2) is 47.4 Å². The first-order valence-electron chi connectivity index (χ1n) is 8.52. The predicted molar refractivity (Wildman–Crippen MR) is 111 cm³/mol. The summed E-state index contributed by atoms with van der Waals surface area (Å²) in [5.74, 6) is -0.318. The van der Waals surface area contributed by atoms with Gasteiger partial charge in [0, 0.05) is 6.54 Å². The van der Waals surface area contributed by atoms with Gasteiger partial charge in [0.2, 0.25) is 0 Å². The molecule has 0 aromatic heterocycles. The number of hydrogen-bond donors (Lipinski definition) is 3. The van der Waals surface area contributed by atoms with Gasteiger partial charge in [-0.05, 0) is 62.6 Å². The minimum atomic E-state index is -3.80. The van der Waals surface area contributed by atoms with Gasteiger partial charge in [-0.3, -0.25) is 9.52 Å². The summed E-state index contributed by atoms with van der Waals surface area (Å²) in [6, 6.07) is 11.8. The van der Waals surface area contributed by atoms with E-state index in [-0.39, 0.29) is 34.5 Å². The van der Waals surface area contributed by atoms with Crippen molar-refractivity contribution < 1.29 is 13.2 Å². The largest absolute Gasteiger partial charge is 0.352 e. The molecule has 148 valence electrons. The van der Waals surface area contributed by atoms with E-state index in [1.165, 1.54) is 0 Å². The Morgan fingerprint density at radius 2 is 1.78 bits per heavy atom. The SMILES string of the molecule is Cc1ccc(C)c(S(=O)(=O)Nc2ccccc2C(=O)NCCCCN)c1.Cl. The van der Waals surface area contributed by atoms with Crippen LogP contribution in [0.5, 0.6) is 0 Å². The summed E-state index contributed by atoms with van der Waals surface area (Å²) in [6.07, 6.45) is 1.60. The maximum absolute atomic E-state index is 12.8. The van der Waals surface area contributed by atoms with Crippen molar-refractivity contribution in [2.24, 2.45) is 5.73 Å². The zero-order valence-electron chi connectivity index (χ0n) is 15.5. The van der Waals surface area contributed by atoms with Crippen molar-refractivity contribution in [3.05, 3.63) is 59.2 Å². The molecule has 27 heavy (non-hydrogen) atoms. The molecule has 2 aromatic carbocycles. The number of para-hydroxylation sites is 1. The molecule has 0 saturated carbocycles. The van der Waals surface area contributed by atoms with Crippen LogP contribution in [0.1, 0.15) is 34.3 Å². The molecule has 8 heteroatoms. The number of rotatable bonds is 8. The molecule has 2 rings (SSSR count). The Kier molecular flexibility index (Phi) is 8.75. The van der Waals surface area contributed by atoms with E-state index < -0.39 is 10.0 Å². The molecule has 0 spiro atoms. The molecule has 0 fully saturated rings. The number of unbranched alkanes of at least 4 members (excludes halogenated alkanes) is 1. The Bertz CT molecular complexity index is 886. The van der Waals surface area contributed by atoms with Gasteiger partial charge in [0.1, 0.15) is 0 Å². The molecule has 0 heterocycles. The van der Waals surface area contributed by atoms with Gasteiger partial charge in [-0.1, -0.05) is 24.3 Å². The lowest BCUT2D eigenvalue weighted by atomic mass is 10.1. The number of halogens is 1. The molecule has 0 saturated heterocycles. The van der Waals surface area contributed by atoms with Crippen LogP contribution in [-0.4, -0.2) is 27.4 Å². The van der Waals surface area contributed by atoms with Crippen LogP contribution in [-0.2, 0) is 10.0 Å². The van der Waals surface area contributed by atoms with Gasteiger partial charge in [0.25, 0.3) is 15.9 Å². The molecule has 0 radical (unpaired) electrons. The predicted octanol–water partition coefficient (Wildman–Crippen LogP) is 2.99. The fourth-order valence-corrected chi connectivity index (χ4v) is 3.94. The third-order valence-electron chi connectivity index (χ3n) is 3.97. The Morgan fingerprint density at radius 3 is 2.48 bits per heavy atom. The van der Waals surface area contributed by atoms with Gasteiger partial charge < -0.3 is 11.1 Å². The summed E-state index contributed by atoms with van der Waals surface area (Å²) in [5.41, 5.74) is 7.47. The second-order valence-electron chi connectivity index (χ2n) is 6.17. The summed E-state index contributed by atoms with van der Waals surface area (Å²) in [7, 11) is -3.80. The third-order valence-corrected chi connectivity index (χ3v) is 5.47. The lowest BCUT2D eigenvalue weighted by Crippen LogP contribution is -2.26. The van der Waals surface area contributed by atoms with E-state index in [0.717, 1.165) is 18.4 Å². The molecular formula is C19H26ClN3O3S. The fourth-order valence-electron chi connectivity index (χ4n) is 2.53. The van der Waals surface area contributed by atoms with E-state index >= 15 is 0 Å². The van der Waals surface area contributed by atoms with Crippen LogP contribution in [0, 0.1) is 13.8 Å². The molecule has 0 atom stereocenters. The van der Waals surface area contributed by atoms with E-state index in [9.17, 15) is 13.2 Å². The van der Waals surface area contributed by atoms with Crippen molar-refractivity contribution in [3.63, 3.8) is 0 Å². The monoisotopic (exact) mass is 411 g/mol. The van der Waals surface area contributed by atoms with E-state index in [1.807, 2.05) is 13.0 Å². The number of carbonyl (C=O) groups is 1. The van der Waals surface area contributed by atoms with Crippen LogP contribution < -0.4 is 15.8 Å². The third kappa shape index (κ3) is 6.23. The lowest BCUT2D eigenvalue weighted by Gasteiger charge is -2.14. The van der Waals surface area contributed by atoms with Crippen LogP contribution in [0.2, 0.25) is 0 Å². The average Bonchev–Trinajstić information content (AvgIpc) is 2.60. The smallest absolute Gasteiger partial charge is 0.262 e. The summed E-state index contributed by atoms with van der Waals surface area (Å²) in [6.45, 7) is 4.64. The lowest BCUT2D eigenvalue weighted by molar-refractivity contribution is 0.0954. The molecule has 0 aliphatic carbocycles. The number of sulfonamides is 1. The first-order valence-corrected chi connectivity index (χ1v) is 10.0.